The highest BCUT2D eigenvalue weighted by molar-refractivity contribution is 5.31. The van der Waals surface area contributed by atoms with Crippen molar-refractivity contribution in [2.75, 3.05) is 13.2 Å². The van der Waals surface area contributed by atoms with Crippen LogP contribution in [0.25, 0.3) is 0 Å². The van der Waals surface area contributed by atoms with Gasteiger partial charge in [0.15, 0.2) is 0 Å². The van der Waals surface area contributed by atoms with Gasteiger partial charge in [-0.1, -0.05) is 26.0 Å². The summed E-state index contributed by atoms with van der Waals surface area (Å²) in [5.41, 5.74) is 3.96. The molecule has 3 N–H and O–H groups in total. The van der Waals surface area contributed by atoms with Crippen LogP contribution in [0.3, 0.4) is 0 Å². The highest BCUT2D eigenvalue weighted by Crippen LogP contribution is 2.26. The maximum Gasteiger partial charge on any atom is 0.119 e. The van der Waals surface area contributed by atoms with Crippen LogP contribution in [-0.4, -0.2) is 19.3 Å². The summed E-state index contributed by atoms with van der Waals surface area (Å²) in [4.78, 5) is 0. The molecule has 19 heavy (non-hydrogen) atoms. The quantitative estimate of drug-likeness (QED) is 0.561. The lowest BCUT2D eigenvalue weighted by atomic mass is 9.94. The Kier molecular flexibility index (Phi) is 6.84. The van der Waals surface area contributed by atoms with Crippen LogP contribution in [0, 0.1) is 5.92 Å². The van der Waals surface area contributed by atoms with E-state index in [-0.39, 0.29) is 12.1 Å². The lowest BCUT2D eigenvalue weighted by molar-refractivity contribution is 0.00273. The number of nitrogens with two attached hydrogens (primary N) is 1. The fourth-order valence-corrected chi connectivity index (χ4v) is 2.21. The Balaban J connectivity index is 2.96. The van der Waals surface area contributed by atoms with Crippen molar-refractivity contribution in [2.24, 2.45) is 11.8 Å². The second kappa shape index (κ2) is 8.15. The van der Waals surface area contributed by atoms with E-state index in [0.29, 0.717) is 19.1 Å². The summed E-state index contributed by atoms with van der Waals surface area (Å²) in [6, 6.07) is 7.95. The van der Waals surface area contributed by atoms with Crippen LogP contribution in [0.4, 0.5) is 0 Å². The first-order valence-corrected chi connectivity index (χ1v) is 6.94. The first kappa shape index (κ1) is 16.0. The van der Waals surface area contributed by atoms with E-state index in [1.165, 1.54) is 0 Å². The average molecular weight is 266 g/mol. The zero-order valence-electron chi connectivity index (χ0n) is 12.3. The minimum absolute atomic E-state index is 0.0341. The Bertz CT molecular complexity index is 369. The molecule has 0 aliphatic heterocycles. The summed E-state index contributed by atoms with van der Waals surface area (Å²) in [6.45, 7) is 9.57. The minimum Gasteiger partial charge on any atom is -0.494 e. The summed E-state index contributed by atoms with van der Waals surface area (Å²) in [5, 5.41) is 0. The molecule has 0 bridgehead atoms. The molecule has 4 nitrogen and oxygen atoms in total. The van der Waals surface area contributed by atoms with Gasteiger partial charge >= 0.3 is 0 Å². The number of benzene rings is 1. The highest BCUT2D eigenvalue weighted by Gasteiger charge is 2.25. The van der Waals surface area contributed by atoms with Crippen LogP contribution in [0.1, 0.15) is 39.3 Å². The monoisotopic (exact) mass is 266 g/mol. The number of hydrogen-bond donors (Lipinski definition) is 2. The van der Waals surface area contributed by atoms with Crippen molar-refractivity contribution >= 4 is 0 Å². The van der Waals surface area contributed by atoms with Crippen molar-refractivity contribution in [3.8, 4) is 5.75 Å². The molecule has 0 heterocycles. The Morgan fingerprint density at radius 2 is 1.95 bits per heavy atom. The molecule has 0 amide bonds. The van der Waals surface area contributed by atoms with Crippen LogP contribution in [0.5, 0.6) is 5.75 Å². The maximum absolute atomic E-state index is 5.83. The van der Waals surface area contributed by atoms with E-state index in [9.17, 15) is 0 Å². The lowest BCUT2D eigenvalue weighted by Gasteiger charge is -2.30. The molecule has 4 heteroatoms. The zero-order chi connectivity index (χ0) is 14.3. The Morgan fingerprint density at radius 1 is 1.21 bits per heavy atom. The molecule has 1 rings (SSSR count). The molecule has 0 aliphatic carbocycles. The summed E-state index contributed by atoms with van der Waals surface area (Å²) in [7, 11) is 0. The average Bonchev–Trinajstić information content (AvgIpc) is 2.39. The largest absolute Gasteiger partial charge is 0.494 e. The molecule has 0 spiro atoms. The molecule has 108 valence electrons. The second-order valence-electron chi connectivity index (χ2n) is 4.81. The van der Waals surface area contributed by atoms with Gasteiger partial charge in [0, 0.05) is 6.61 Å². The molecule has 1 aromatic carbocycles. The van der Waals surface area contributed by atoms with E-state index in [1.807, 2.05) is 38.1 Å². The van der Waals surface area contributed by atoms with Gasteiger partial charge in [-0.3, -0.25) is 11.3 Å². The van der Waals surface area contributed by atoms with Crippen molar-refractivity contribution in [2.45, 2.75) is 39.8 Å². The van der Waals surface area contributed by atoms with Gasteiger partial charge in [-0.2, -0.15) is 0 Å². The van der Waals surface area contributed by atoms with Gasteiger partial charge in [0.05, 0.1) is 18.8 Å². The predicted molar refractivity (Wildman–Crippen MR) is 77.9 cm³/mol. The summed E-state index contributed by atoms with van der Waals surface area (Å²) in [6.07, 6.45) is 0.0341. The van der Waals surface area contributed by atoms with Gasteiger partial charge in [-0.15, -0.1) is 0 Å². The van der Waals surface area contributed by atoms with Crippen molar-refractivity contribution in [1.29, 1.82) is 0 Å². The smallest absolute Gasteiger partial charge is 0.119 e. The topological polar surface area (TPSA) is 56.5 Å². The van der Waals surface area contributed by atoms with E-state index in [1.54, 1.807) is 0 Å². The molecule has 0 fully saturated rings. The van der Waals surface area contributed by atoms with E-state index < -0.39 is 0 Å². The molecule has 0 saturated heterocycles. The fraction of sp³-hybridized carbons (Fsp3) is 0.600. The van der Waals surface area contributed by atoms with Gasteiger partial charge in [0.1, 0.15) is 5.75 Å². The number of hydrazine groups is 1. The van der Waals surface area contributed by atoms with E-state index in [0.717, 1.165) is 11.3 Å². The third kappa shape index (κ3) is 4.49. The van der Waals surface area contributed by atoms with Crippen LogP contribution >= 0.6 is 0 Å². The van der Waals surface area contributed by atoms with Crippen molar-refractivity contribution in [1.82, 2.24) is 5.43 Å². The molecule has 2 unspecified atom stereocenters. The summed E-state index contributed by atoms with van der Waals surface area (Å²) >= 11 is 0. The number of nitrogens with one attached hydrogen (secondary N) is 1. The third-order valence-electron chi connectivity index (χ3n) is 3.05. The fourth-order valence-electron chi connectivity index (χ4n) is 2.21. The molecule has 0 aliphatic rings. The summed E-state index contributed by atoms with van der Waals surface area (Å²) in [5.74, 6) is 6.96. The maximum atomic E-state index is 5.83. The molecule has 0 aromatic heterocycles. The van der Waals surface area contributed by atoms with Crippen LogP contribution in [0.15, 0.2) is 24.3 Å². The first-order chi connectivity index (χ1) is 9.13. The van der Waals surface area contributed by atoms with Crippen LogP contribution in [-0.2, 0) is 4.74 Å². The van der Waals surface area contributed by atoms with Crippen LogP contribution in [0.2, 0.25) is 0 Å². The van der Waals surface area contributed by atoms with Gasteiger partial charge in [0.25, 0.3) is 0 Å². The van der Waals surface area contributed by atoms with Gasteiger partial charge in [-0.25, -0.2) is 0 Å². The molecule has 1 aromatic rings. The number of ether oxygens (including phenoxy) is 2. The van der Waals surface area contributed by atoms with E-state index in [4.69, 9.17) is 15.3 Å². The molecular formula is C15H26N2O2. The van der Waals surface area contributed by atoms with Gasteiger partial charge in [-0.05, 0) is 37.5 Å². The Labute approximate surface area is 116 Å². The predicted octanol–water partition coefficient (Wildman–Crippen LogP) is 2.65. The zero-order valence-corrected chi connectivity index (χ0v) is 12.3. The van der Waals surface area contributed by atoms with Crippen molar-refractivity contribution in [3.63, 3.8) is 0 Å². The van der Waals surface area contributed by atoms with E-state index >= 15 is 0 Å². The lowest BCUT2D eigenvalue weighted by Crippen LogP contribution is -2.40. The molecule has 2 atom stereocenters. The minimum atomic E-state index is -0.0413. The standard InChI is InChI=1S/C15H26N2O2/c1-5-18-13-9-7-8-12(10-13)14(17-16)15(11(3)4)19-6-2/h7-11,14-15,17H,5-6,16H2,1-4H3. The van der Waals surface area contributed by atoms with Crippen molar-refractivity contribution < 1.29 is 9.47 Å². The second-order valence-corrected chi connectivity index (χ2v) is 4.81. The third-order valence-corrected chi connectivity index (χ3v) is 3.05. The van der Waals surface area contributed by atoms with Crippen molar-refractivity contribution in [3.05, 3.63) is 29.8 Å². The normalized spacial score (nSPS) is 14.4. The molecule has 0 saturated carbocycles. The molecular weight excluding hydrogens is 240 g/mol. The van der Waals surface area contributed by atoms with Gasteiger partial charge < -0.3 is 9.47 Å². The SMILES string of the molecule is CCOc1cccc(C(NN)C(OCC)C(C)C)c1. The number of rotatable bonds is 8. The van der Waals surface area contributed by atoms with Gasteiger partial charge in [0.2, 0.25) is 0 Å². The molecule has 0 radical (unpaired) electrons. The summed E-state index contributed by atoms with van der Waals surface area (Å²) < 4.78 is 11.4. The Hall–Kier alpha value is -1.10. The van der Waals surface area contributed by atoms with Crippen LogP contribution < -0.4 is 16.0 Å². The number of hydrogen-bond acceptors (Lipinski definition) is 4. The van der Waals surface area contributed by atoms with E-state index in [2.05, 4.69) is 19.3 Å². The first-order valence-electron chi connectivity index (χ1n) is 6.94. The highest BCUT2D eigenvalue weighted by atomic mass is 16.5. The Morgan fingerprint density at radius 3 is 2.47 bits per heavy atom.